The molecule has 0 aliphatic carbocycles. The largest absolute Gasteiger partial charge is 2.00 e. The second-order valence-corrected chi connectivity index (χ2v) is 7.25. The van der Waals surface area contributed by atoms with E-state index in [0.29, 0.717) is 0 Å². The number of nitrogens with one attached hydrogen (secondary N) is 2. The van der Waals surface area contributed by atoms with Gasteiger partial charge >= 0.3 is 16.8 Å². The van der Waals surface area contributed by atoms with Gasteiger partial charge in [0.1, 0.15) is 0 Å². The average Bonchev–Trinajstić information content (AvgIpc) is 2.99. The first-order valence-electron chi connectivity index (χ1n) is 11.0. The van der Waals surface area contributed by atoms with Crippen LogP contribution in [0.5, 0.6) is 0 Å². The molecule has 2 aromatic carbocycles. The number of aromatic nitrogens is 2. The van der Waals surface area contributed by atoms with Crippen molar-refractivity contribution in [1.82, 2.24) is 0 Å². The van der Waals surface area contributed by atoms with E-state index in [2.05, 4.69) is 107 Å². The standard InChI is InChI=1S/2C13H11N.4CNS.Co/c2*1-2-4-12(5-3-1)6-7-13-8-10-14-11-9-13;4*2-1-3;/h2*1-11H;;;;;/q;;4*-1;+2/p+2/b2*7-6+;;;;;. The van der Waals surface area contributed by atoms with Crippen molar-refractivity contribution in [2.24, 2.45) is 0 Å². The first kappa shape index (κ1) is 41.4. The maximum Gasteiger partial charge on any atom is 2.00 e. The third-order valence-corrected chi connectivity index (χ3v) is 4.02. The molecule has 41 heavy (non-hydrogen) atoms. The fourth-order valence-electron chi connectivity index (χ4n) is 2.53. The number of rotatable bonds is 4. The SMILES string of the molecule is C(=C\c1cc[nH+]cc1)/c1ccccc1.C(=C\c1cc[nH+]cc1)/c1ccccc1.[Co+2].[N-]=C=S.[N-]=C=S.[N-]=C=S.[N-]=C=S. The van der Waals surface area contributed by atoms with Crippen molar-refractivity contribution in [3.63, 3.8) is 0 Å². The van der Waals surface area contributed by atoms with Crippen LogP contribution in [0.4, 0.5) is 0 Å². The predicted molar refractivity (Wildman–Crippen MR) is 181 cm³/mol. The quantitative estimate of drug-likeness (QED) is 0.164. The van der Waals surface area contributed by atoms with Gasteiger partial charge in [0.15, 0.2) is 24.8 Å². The number of hydrogen-bond acceptors (Lipinski definition) is 4. The summed E-state index contributed by atoms with van der Waals surface area (Å²) >= 11 is 14.8. The Labute approximate surface area is 272 Å². The summed E-state index contributed by atoms with van der Waals surface area (Å²) in [6.07, 6.45) is 16.1. The monoisotopic (exact) mass is 655 g/mol. The minimum Gasteiger partial charge on any atom is -0.753 e. The van der Waals surface area contributed by atoms with E-state index >= 15 is 0 Å². The normalized spacial score (nSPS) is 8.00. The van der Waals surface area contributed by atoms with Gasteiger partial charge in [0.2, 0.25) is 0 Å². The van der Waals surface area contributed by atoms with Gasteiger partial charge in [-0.05, 0) is 22.3 Å². The molecule has 2 aromatic heterocycles. The summed E-state index contributed by atoms with van der Waals surface area (Å²) in [5.74, 6) is 0. The average molecular weight is 656 g/mol. The minimum absolute atomic E-state index is 0. The van der Waals surface area contributed by atoms with Crippen LogP contribution in [0.25, 0.3) is 45.9 Å². The van der Waals surface area contributed by atoms with Crippen LogP contribution in [0.15, 0.2) is 110 Å². The van der Waals surface area contributed by atoms with Gasteiger partial charge < -0.3 is 21.6 Å². The van der Waals surface area contributed by atoms with Crippen molar-refractivity contribution in [1.29, 1.82) is 0 Å². The van der Waals surface area contributed by atoms with E-state index < -0.39 is 0 Å². The summed E-state index contributed by atoms with van der Waals surface area (Å²) in [7, 11) is 0. The fourth-order valence-corrected chi connectivity index (χ4v) is 2.53. The molecule has 0 amide bonds. The molecule has 0 saturated heterocycles. The molecular weight excluding hydrogens is 632 g/mol. The van der Waals surface area contributed by atoms with Crippen LogP contribution in [0.3, 0.4) is 0 Å². The van der Waals surface area contributed by atoms with Crippen molar-refractivity contribution in [2.75, 3.05) is 0 Å². The number of benzene rings is 2. The molecule has 1 radical (unpaired) electrons. The Bertz CT molecular complexity index is 1150. The summed E-state index contributed by atoms with van der Waals surface area (Å²) in [5.41, 5.74) is 4.85. The van der Waals surface area contributed by atoms with E-state index in [9.17, 15) is 0 Å². The van der Waals surface area contributed by atoms with Crippen molar-refractivity contribution >= 4 is 93.8 Å². The summed E-state index contributed by atoms with van der Waals surface area (Å²) in [5, 5.41) is 33.9. The van der Waals surface area contributed by atoms with Gasteiger partial charge in [-0.2, -0.15) is 20.6 Å². The molecule has 11 heteroatoms. The zero-order valence-electron chi connectivity index (χ0n) is 21.5. The summed E-state index contributed by atoms with van der Waals surface area (Å²) in [6.45, 7) is 0. The van der Waals surface area contributed by atoms with Gasteiger partial charge in [-0.3, -0.25) is 0 Å². The number of H-pyrrole nitrogens is 2. The first-order chi connectivity index (χ1) is 19.6. The van der Waals surface area contributed by atoms with Crippen LogP contribution in [-0.4, -0.2) is 20.6 Å². The number of hydrogen-bond donors (Lipinski definition) is 0. The Kier molecular flexibility index (Phi) is 34.3. The second-order valence-electron chi connectivity index (χ2n) is 6.52. The van der Waals surface area contributed by atoms with Crippen molar-refractivity contribution in [2.45, 2.75) is 0 Å². The number of isothiocyanates is 4. The van der Waals surface area contributed by atoms with E-state index in [4.69, 9.17) is 21.6 Å². The third kappa shape index (κ3) is 28.7. The summed E-state index contributed by atoms with van der Waals surface area (Å²) in [6, 6.07) is 28.7. The van der Waals surface area contributed by atoms with E-state index in [0.717, 1.165) is 0 Å². The predicted octanol–water partition coefficient (Wildman–Crippen LogP) is 7.97. The van der Waals surface area contributed by atoms with E-state index in [1.54, 1.807) is 0 Å². The van der Waals surface area contributed by atoms with Crippen LogP contribution < -0.4 is 9.97 Å². The second kappa shape index (κ2) is 34.0. The summed E-state index contributed by atoms with van der Waals surface area (Å²) in [4.78, 5) is 5.99. The molecule has 0 atom stereocenters. The van der Waals surface area contributed by atoms with Crippen LogP contribution in [0, 0.1) is 0 Å². The fraction of sp³-hybridized carbons (Fsp3) is 0. The molecule has 2 heterocycles. The Morgan fingerprint density at radius 1 is 0.415 bits per heavy atom. The van der Waals surface area contributed by atoms with E-state index in [1.165, 1.54) is 42.9 Å². The first-order valence-corrected chi connectivity index (χ1v) is 12.6. The molecule has 0 fully saturated rings. The van der Waals surface area contributed by atoms with Gasteiger partial charge in [-0.1, -0.05) is 134 Å². The van der Waals surface area contributed by atoms with E-state index in [-0.39, 0.29) is 16.8 Å². The van der Waals surface area contributed by atoms with Gasteiger partial charge in [0, 0.05) is 24.3 Å². The molecule has 2 N–H and O–H groups in total. The molecular formula is C30H24CoN6S4. The Balaban J connectivity index is -0.000000502. The Morgan fingerprint density at radius 2 is 0.610 bits per heavy atom. The molecule has 0 saturated carbocycles. The molecule has 0 bridgehead atoms. The summed E-state index contributed by atoms with van der Waals surface area (Å²) < 4.78 is 0. The number of nitrogens with zero attached hydrogens (tertiary/aromatic N) is 4. The third-order valence-electron chi connectivity index (χ3n) is 4.02. The molecule has 0 aliphatic heterocycles. The zero-order valence-corrected chi connectivity index (χ0v) is 25.8. The van der Waals surface area contributed by atoms with Crippen LogP contribution >= 0.6 is 48.9 Å². The topological polar surface area (TPSA) is 117 Å². The van der Waals surface area contributed by atoms with E-state index in [1.807, 2.05) is 85.5 Å². The van der Waals surface area contributed by atoms with Gasteiger partial charge in [-0.25, -0.2) is 9.97 Å². The number of pyridine rings is 2. The molecule has 6 nitrogen and oxygen atoms in total. The van der Waals surface area contributed by atoms with Crippen LogP contribution in [-0.2, 0) is 16.8 Å². The van der Waals surface area contributed by atoms with Crippen molar-refractivity contribution in [3.05, 3.63) is 154 Å². The Morgan fingerprint density at radius 3 is 0.829 bits per heavy atom. The molecule has 0 aliphatic rings. The van der Waals surface area contributed by atoms with Gasteiger partial charge in [0.05, 0.1) is 0 Å². The van der Waals surface area contributed by atoms with Gasteiger partial charge in [-0.15, -0.1) is 0 Å². The van der Waals surface area contributed by atoms with Crippen molar-refractivity contribution in [3.8, 4) is 0 Å². The molecule has 0 unspecified atom stereocenters. The zero-order chi connectivity index (χ0) is 30.1. The minimum atomic E-state index is 0. The van der Waals surface area contributed by atoms with Crippen LogP contribution in [0.2, 0.25) is 0 Å². The smallest absolute Gasteiger partial charge is 0.753 e. The Hall–Kier alpha value is -4.07. The van der Waals surface area contributed by atoms with Gasteiger partial charge in [0.25, 0.3) is 0 Å². The molecule has 207 valence electrons. The number of aromatic amines is 2. The molecule has 4 rings (SSSR count). The maximum absolute atomic E-state index is 7.13. The van der Waals surface area contributed by atoms with Crippen LogP contribution in [0.1, 0.15) is 22.3 Å². The molecule has 0 spiro atoms. The maximum atomic E-state index is 7.13. The number of thiocarbonyl (C=S) groups is 4. The van der Waals surface area contributed by atoms with Crippen molar-refractivity contribution < 1.29 is 26.7 Å². The molecule has 4 aromatic rings.